The Bertz CT molecular complexity index is 658. The zero-order valence-electron chi connectivity index (χ0n) is 13.7. The zero-order valence-corrected chi connectivity index (χ0v) is 13.7. The molecule has 128 valence electrons. The fourth-order valence-electron chi connectivity index (χ4n) is 3.27. The molecule has 1 aliphatic heterocycles. The van der Waals surface area contributed by atoms with Gasteiger partial charge in [-0.15, -0.1) is 0 Å². The van der Waals surface area contributed by atoms with Gasteiger partial charge in [0.2, 0.25) is 0 Å². The quantitative estimate of drug-likeness (QED) is 0.799. The van der Waals surface area contributed by atoms with Crippen LogP contribution in [0.4, 0.5) is 0 Å². The highest BCUT2D eigenvalue weighted by molar-refractivity contribution is 5.33. The Morgan fingerprint density at radius 2 is 1.42 bits per heavy atom. The third-order valence-electron chi connectivity index (χ3n) is 4.73. The van der Waals surface area contributed by atoms with E-state index in [-0.39, 0.29) is 0 Å². The van der Waals surface area contributed by atoms with Gasteiger partial charge in [-0.25, -0.2) is 0 Å². The first-order chi connectivity index (χ1) is 11.6. The summed E-state index contributed by atoms with van der Waals surface area (Å²) in [5, 5.41) is 30.0. The minimum Gasteiger partial charge on any atom is -0.388 e. The van der Waals surface area contributed by atoms with Gasteiger partial charge in [0.05, 0.1) is 12.2 Å². The van der Waals surface area contributed by atoms with Crippen molar-refractivity contribution < 1.29 is 20.1 Å². The molecular weight excluding hydrogens is 304 g/mol. The first-order valence-electron chi connectivity index (χ1n) is 8.36. The molecule has 0 unspecified atom stereocenters. The number of hydrogen-bond acceptors (Lipinski definition) is 4. The van der Waals surface area contributed by atoms with Gasteiger partial charge in [-0.3, -0.25) is 0 Å². The lowest BCUT2D eigenvalue weighted by molar-refractivity contribution is -0.216. The molecule has 0 amide bonds. The summed E-state index contributed by atoms with van der Waals surface area (Å²) in [5.74, 6) is 0. The van der Waals surface area contributed by atoms with Crippen LogP contribution in [0, 0.1) is 0 Å². The lowest BCUT2D eigenvalue weighted by atomic mass is 9.89. The average molecular weight is 328 g/mol. The van der Waals surface area contributed by atoms with Gasteiger partial charge in [0.15, 0.2) is 0 Å². The molecule has 3 rings (SSSR count). The van der Waals surface area contributed by atoms with Crippen LogP contribution in [0.2, 0.25) is 0 Å². The second-order valence-corrected chi connectivity index (χ2v) is 6.49. The Hall–Kier alpha value is -1.72. The molecule has 4 nitrogen and oxygen atoms in total. The van der Waals surface area contributed by atoms with Gasteiger partial charge in [0, 0.05) is 6.42 Å². The van der Waals surface area contributed by atoms with E-state index < -0.39 is 30.5 Å². The summed E-state index contributed by atoms with van der Waals surface area (Å²) in [6, 6.07) is 18.3. The van der Waals surface area contributed by atoms with Crippen LogP contribution in [0.3, 0.4) is 0 Å². The first kappa shape index (κ1) is 17.1. The molecule has 0 aromatic heterocycles. The molecule has 24 heavy (non-hydrogen) atoms. The lowest BCUT2D eigenvalue weighted by Gasteiger charge is -2.39. The Labute approximate surface area is 142 Å². The fraction of sp³-hybridized carbons (Fsp3) is 0.400. The Morgan fingerprint density at radius 3 is 2.12 bits per heavy atom. The molecule has 5 atom stereocenters. The summed E-state index contributed by atoms with van der Waals surface area (Å²) in [7, 11) is 0. The normalized spacial score (nSPS) is 30.2. The summed E-state index contributed by atoms with van der Waals surface area (Å²) in [4.78, 5) is 0. The smallest absolute Gasteiger partial charge is 0.111 e. The van der Waals surface area contributed by atoms with Crippen LogP contribution in [-0.4, -0.2) is 45.8 Å². The molecule has 1 heterocycles. The third kappa shape index (κ3) is 3.68. The predicted molar refractivity (Wildman–Crippen MR) is 91.7 cm³/mol. The monoisotopic (exact) mass is 328 g/mol. The highest BCUT2D eigenvalue weighted by Crippen LogP contribution is 2.25. The molecule has 3 N–H and O–H groups in total. The van der Waals surface area contributed by atoms with Crippen molar-refractivity contribution in [3.63, 3.8) is 0 Å². The van der Waals surface area contributed by atoms with Crippen molar-refractivity contribution in [2.24, 2.45) is 0 Å². The lowest BCUT2D eigenvalue weighted by Crippen LogP contribution is -2.57. The van der Waals surface area contributed by atoms with E-state index in [2.05, 4.69) is 18.2 Å². The van der Waals surface area contributed by atoms with E-state index in [1.807, 2.05) is 36.4 Å². The summed E-state index contributed by atoms with van der Waals surface area (Å²) in [6.07, 6.45) is -3.07. The minimum absolute atomic E-state index is 0.498. The highest BCUT2D eigenvalue weighted by Gasteiger charge is 2.41. The average Bonchev–Trinajstić information content (AvgIpc) is 2.60. The number of aliphatic hydroxyl groups excluding tert-OH is 3. The summed E-state index contributed by atoms with van der Waals surface area (Å²) in [6.45, 7) is 1.71. The molecule has 0 saturated carbocycles. The largest absolute Gasteiger partial charge is 0.388 e. The van der Waals surface area contributed by atoms with E-state index in [1.165, 1.54) is 11.1 Å². The summed E-state index contributed by atoms with van der Waals surface area (Å²) in [5.41, 5.74) is 3.48. The zero-order chi connectivity index (χ0) is 17.1. The van der Waals surface area contributed by atoms with E-state index in [4.69, 9.17) is 4.74 Å². The van der Waals surface area contributed by atoms with Gasteiger partial charge in [0.25, 0.3) is 0 Å². The molecule has 4 heteroatoms. The number of benzene rings is 2. The molecule has 0 spiro atoms. The van der Waals surface area contributed by atoms with Gasteiger partial charge >= 0.3 is 0 Å². The van der Waals surface area contributed by atoms with Crippen LogP contribution in [0.1, 0.15) is 23.6 Å². The molecule has 2 aromatic carbocycles. The van der Waals surface area contributed by atoms with Crippen LogP contribution in [0.5, 0.6) is 0 Å². The van der Waals surface area contributed by atoms with Gasteiger partial charge in [-0.2, -0.15) is 0 Å². The molecule has 0 radical (unpaired) electrons. The molecule has 0 aliphatic carbocycles. The van der Waals surface area contributed by atoms with Crippen molar-refractivity contribution in [3.05, 3.63) is 71.3 Å². The first-order valence-corrected chi connectivity index (χ1v) is 8.36. The van der Waals surface area contributed by atoms with Crippen LogP contribution < -0.4 is 0 Å². The van der Waals surface area contributed by atoms with Crippen LogP contribution >= 0.6 is 0 Å². The van der Waals surface area contributed by atoms with Crippen molar-refractivity contribution in [2.75, 3.05) is 0 Å². The van der Waals surface area contributed by atoms with Gasteiger partial charge < -0.3 is 20.1 Å². The predicted octanol–water partition coefficient (Wildman–Crippen LogP) is 1.69. The number of rotatable bonds is 4. The van der Waals surface area contributed by atoms with E-state index in [0.29, 0.717) is 6.42 Å². The maximum Gasteiger partial charge on any atom is 0.111 e. The van der Waals surface area contributed by atoms with E-state index >= 15 is 0 Å². The highest BCUT2D eigenvalue weighted by atomic mass is 16.5. The molecular formula is C20H24O4. The van der Waals surface area contributed by atoms with Crippen LogP contribution in [-0.2, 0) is 17.6 Å². The van der Waals surface area contributed by atoms with E-state index in [1.54, 1.807) is 6.92 Å². The number of aliphatic hydroxyl groups is 3. The van der Waals surface area contributed by atoms with Crippen molar-refractivity contribution >= 4 is 0 Å². The minimum atomic E-state index is -1.18. The van der Waals surface area contributed by atoms with Gasteiger partial charge in [0.1, 0.15) is 18.3 Å². The molecule has 0 bridgehead atoms. The van der Waals surface area contributed by atoms with Crippen LogP contribution in [0.15, 0.2) is 54.6 Å². The van der Waals surface area contributed by atoms with E-state index in [9.17, 15) is 15.3 Å². The summed E-state index contributed by atoms with van der Waals surface area (Å²) >= 11 is 0. The molecule has 1 saturated heterocycles. The third-order valence-corrected chi connectivity index (χ3v) is 4.73. The SMILES string of the molecule is C[C@H]1O[C@@H](Cc2ccccc2Cc2ccccc2)[C@H](O)[C@@H](O)[C@@H]1O. The van der Waals surface area contributed by atoms with Crippen molar-refractivity contribution in [2.45, 2.75) is 50.3 Å². The van der Waals surface area contributed by atoms with Gasteiger partial charge in [-0.1, -0.05) is 54.6 Å². The van der Waals surface area contributed by atoms with Crippen molar-refractivity contribution in [3.8, 4) is 0 Å². The van der Waals surface area contributed by atoms with Gasteiger partial charge in [-0.05, 0) is 30.0 Å². The van der Waals surface area contributed by atoms with Crippen molar-refractivity contribution in [1.82, 2.24) is 0 Å². The van der Waals surface area contributed by atoms with Crippen LogP contribution in [0.25, 0.3) is 0 Å². The topological polar surface area (TPSA) is 69.9 Å². The second kappa shape index (κ2) is 7.45. The molecule has 1 fully saturated rings. The number of ether oxygens (including phenoxy) is 1. The maximum absolute atomic E-state index is 10.2. The molecule has 2 aromatic rings. The van der Waals surface area contributed by atoms with Crippen molar-refractivity contribution in [1.29, 1.82) is 0 Å². The van der Waals surface area contributed by atoms with E-state index in [0.717, 1.165) is 12.0 Å². The standard InChI is InChI=1S/C20H24O4/c1-13-18(21)20(23)19(22)17(24-13)12-16-10-6-5-9-15(16)11-14-7-3-2-4-8-14/h2-10,13,17-23H,11-12H2,1H3/t13-,17+,18-,19+,20+/m1/s1. The Kier molecular flexibility index (Phi) is 5.31. The maximum atomic E-state index is 10.2. The fourth-order valence-corrected chi connectivity index (χ4v) is 3.27. The second-order valence-electron chi connectivity index (χ2n) is 6.49. The molecule has 1 aliphatic rings. The summed E-state index contributed by atoms with van der Waals surface area (Å²) < 4.78 is 5.73. The Balaban J connectivity index is 1.78. The Morgan fingerprint density at radius 1 is 0.792 bits per heavy atom. The number of hydrogen-bond donors (Lipinski definition) is 3.